The largest absolute Gasteiger partial charge is 0.311 e. The lowest BCUT2D eigenvalue weighted by molar-refractivity contribution is 0.600. The molecule has 0 aliphatic heterocycles. The molecule has 2 aromatic rings. The van der Waals surface area contributed by atoms with Gasteiger partial charge in [-0.3, -0.25) is 0 Å². The number of aromatic nitrogens is 3. The zero-order chi connectivity index (χ0) is 12.4. The minimum atomic E-state index is 0.802. The fourth-order valence-corrected chi connectivity index (χ4v) is 2.13. The van der Waals surface area contributed by atoms with Crippen molar-refractivity contribution in [2.45, 2.75) is 19.9 Å². The molecular weight excluding hydrogens is 224 g/mol. The van der Waals surface area contributed by atoms with Crippen LogP contribution in [0.2, 0.25) is 0 Å². The molecule has 0 spiro atoms. The molecule has 0 amide bonds. The van der Waals surface area contributed by atoms with E-state index in [0.29, 0.717) is 0 Å². The van der Waals surface area contributed by atoms with Gasteiger partial charge in [0.15, 0.2) is 0 Å². The van der Waals surface area contributed by atoms with Gasteiger partial charge in [-0.2, -0.15) is 15.0 Å². The van der Waals surface area contributed by atoms with Crippen LogP contribution in [0.25, 0.3) is 5.69 Å². The van der Waals surface area contributed by atoms with E-state index in [1.165, 1.54) is 6.42 Å². The maximum atomic E-state index is 4.46. The predicted molar refractivity (Wildman–Crippen MR) is 70.3 cm³/mol. The Balaban J connectivity index is 1.56. The monoisotopic (exact) mass is 242 g/mol. The van der Waals surface area contributed by atoms with Crippen molar-refractivity contribution in [3.05, 3.63) is 42.2 Å². The van der Waals surface area contributed by atoms with Crippen molar-refractivity contribution in [2.24, 2.45) is 11.8 Å². The van der Waals surface area contributed by atoms with Gasteiger partial charge in [-0.15, -0.1) is 0 Å². The Morgan fingerprint density at radius 3 is 2.83 bits per heavy atom. The zero-order valence-corrected chi connectivity index (χ0v) is 10.6. The average Bonchev–Trinajstić information content (AvgIpc) is 2.92. The highest BCUT2D eigenvalue weighted by molar-refractivity contribution is 5.28. The molecule has 1 saturated carbocycles. The van der Waals surface area contributed by atoms with Crippen LogP contribution in [0.1, 0.15) is 19.0 Å². The Morgan fingerprint density at radius 1 is 1.33 bits per heavy atom. The first-order valence-electron chi connectivity index (χ1n) is 6.50. The molecule has 1 N–H and O–H groups in total. The van der Waals surface area contributed by atoms with Gasteiger partial charge in [0.2, 0.25) is 0 Å². The molecule has 0 bridgehead atoms. The van der Waals surface area contributed by atoms with E-state index >= 15 is 0 Å². The Morgan fingerprint density at radius 2 is 2.11 bits per heavy atom. The lowest BCUT2D eigenvalue weighted by Gasteiger charge is -2.00. The van der Waals surface area contributed by atoms with Crippen molar-refractivity contribution >= 4 is 0 Å². The molecule has 18 heavy (non-hydrogen) atoms. The van der Waals surface area contributed by atoms with Gasteiger partial charge in [0, 0.05) is 6.54 Å². The fraction of sp³-hybridized carbons (Fsp3) is 0.429. The van der Waals surface area contributed by atoms with Crippen LogP contribution in [0, 0.1) is 11.8 Å². The van der Waals surface area contributed by atoms with E-state index < -0.39 is 0 Å². The number of hydrogen-bond donors (Lipinski definition) is 1. The standard InChI is InChI=1S/C14H18N4/c1-11-7-12(11)8-15-9-13-10-16-18(17-13)14-5-3-2-4-6-14/h2-6,10-12,15H,7-9H2,1H3. The van der Waals surface area contributed by atoms with E-state index in [-0.39, 0.29) is 0 Å². The highest BCUT2D eigenvalue weighted by Gasteiger charge is 2.31. The summed E-state index contributed by atoms with van der Waals surface area (Å²) in [5, 5.41) is 12.2. The minimum absolute atomic E-state index is 0.802. The van der Waals surface area contributed by atoms with Gasteiger partial charge < -0.3 is 5.32 Å². The first-order valence-corrected chi connectivity index (χ1v) is 6.50. The predicted octanol–water partition coefficient (Wildman–Crippen LogP) is 2.01. The van der Waals surface area contributed by atoms with Crippen LogP contribution in [0.4, 0.5) is 0 Å². The maximum absolute atomic E-state index is 4.46. The number of rotatable bonds is 5. The third-order valence-corrected chi connectivity index (χ3v) is 3.52. The first kappa shape index (κ1) is 11.4. The van der Waals surface area contributed by atoms with Crippen molar-refractivity contribution in [3.8, 4) is 5.69 Å². The minimum Gasteiger partial charge on any atom is -0.311 e. The number of benzene rings is 1. The summed E-state index contributed by atoms with van der Waals surface area (Å²) in [6.07, 6.45) is 3.19. The van der Waals surface area contributed by atoms with Crippen LogP contribution in [-0.2, 0) is 6.54 Å². The van der Waals surface area contributed by atoms with E-state index in [2.05, 4.69) is 22.4 Å². The number of para-hydroxylation sites is 1. The Hall–Kier alpha value is -1.68. The summed E-state index contributed by atoms with van der Waals surface area (Å²) in [5.74, 6) is 1.77. The van der Waals surface area contributed by atoms with Crippen LogP contribution >= 0.6 is 0 Å². The molecule has 1 aliphatic carbocycles. The van der Waals surface area contributed by atoms with Crippen molar-refractivity contribution in [3.63, 3.8) is 0 Å². The molecule has 94 valence electrons. The van der Waals surface area contributed by atoms with Gasteiger partial charge in [-0.25, -0.2) is 0 Å². The first-order chi connectivity index (χ1) is 8.83. The highest BCUT2D eigenvalue weighted by atomic mass is 15.5. The summed E-state index contributed by atoms with van der Waals surface area (Å²) < 4.78 is 0. The summed E-state index contributed by atoms with van der Waals surface area (Å²) in [5.41, 5.74) is 1.99. The lowest BCUT2D eigenvalue weighted by atomic mass is 10.3. The second-order valence-corrected chi connectivity index (χ2v) is 5.06. The fourth-order valence-electron chi connectivity index (χ4n) is 2.13. The highest BCUT2D eigenvalue weighted by Crippen LogP contribution is 2.36. The van der Waals surface area contributed by atoms with Crippen molar-refractivity contribution in [2.75, 3.05) is 6.54 Å². The summed E-state index contributed by atoms with van der Waals surface area (Å²) in [7, 11) is 0. The molecule has 1 aliphatic rings. The number of nitrogens with zero attached hydrogens (tertiary/aromatic N) is 3. The van der Waals surface area contributed by atoms with Gasteiger partial charge in [-0.1, -0.05) is 25.1 Å². The normalized spacial score (nSPS) is 22.1. The van der Waals surface area contributed by atoms with E-state index in [0.717, 1.165) is 36.3 Å². The van der Waals surface area contributed by atoms with Crippen LogP contribution in [-0.4, -0.2) is 21.5 Å². The van der Waals surface area contributed by atoms with Crippen LogP contribution in [0.15, 0.2) is 36.5 Å². The van der Waals surface area contributed by atoms with Gasteiger partial charge >= 0.3 is 0 Å². The Bertz CT molecular complexity index is 506. The Kier molecular flexibility index (Phi) is 3.11. The molecule has 1 heterocycles. The zero-order valence-electron chi connectivity index (χ0n) is 10.6. The molecule has 1 aromatic heterocycles. The van der Waals surface area contributed by atoms with Gasteiger partial charge in [0.05, 0.1) is 17.6 Å². The summed E-state index contributed by atoms with van der Waals surface area (Å²) in [4.78, 5) is 1.68. The molecule has 4 heteroatoms. The van der Waals surface area contributed by atoms with Gasteiger partial charge in [0.25, 0.3) is 0 Å². The van der Waals surface area contributed by atoms with Crippen LogP contribution in [0.3, 0.4) is 0 Å². The van der Waals surface area contributed by atoms with E-state index in [9.17, 15) is 0 Å². The van der Waals surface area contributed by atoms with Crippen LogP contribution < -0.4 is 5.32 Å². The second kappa shape index (κ2) is 4.90. The summed E-state index contributed by atoms with van der Waals surface area (Å²) >= 11 is 0. The third-order valence-electron chi connectivity index (χ3n) is 3.52. The number of hydrogen-bond acceptors (Lipinski definition) is 3. The molecule has 0 radical (unpaired) electrons. The smallest absolute Gasteiger partial charge is 0.0969 e. The molecule has 2 atom stereocenters. The Labute approximate surface area is 107 Å². The SMILES string of the molecule is CC1CC1CNCc1cnn(-c2ccccc2)n1. The molecule has 4 nitrogen and oxygen atoms in total. The molecule has 1 aromatic carbocycles. The third kappa shape index (κ3) is 2.59. The van der Waals surface area contributed by atoms with Crippen molar-refractivity contribution in [1.29, 1.82) is 0 Å². The van der Waals surface area contributed by atoms with Gasteiger partial charge in [0.1, 0.15) is 0 Å². The van der Waals surface area contributed by atoms with Crippen molar-refractivity contribution in [1.82, 2.24) is 20.3 Å². The molecular formula is C14H18N4. The molecule has 0 saturated heterocycles. The molecule has 2 unspecified atom stereocenters. The quantitative estimate of drug-likeness (QED) is 0.872. The topological polar surface area (TPSA) is 42.7 Å². The van der Waals surface area contributed by atoms with E-state index in [1.54, 1.807) is 4.80 Å². The number of nitrogens with one attached hydrogen (secondary N) is 1. The van der Waals surface area contributed by atoms with Gasteiger partial charge in [-0.05, 0) is 36.9 Å². The molecule has 1 fully saturated rings. The average molecular weight is 242 g/mol. The lowest BCUT2D eigenvalue weighted by Crippen LogP contribution is -2.17. The summed E-state index contributed by atoms with van der Waals surface area (Å²) in [6, 6.07) is 9.98. The van der Waals surface area contributed by atoms with E-state index in [1.807, 2.05) is 36.5 Å². The maximum Gasteiger partial charge on any atom is 0.0969 e. The summed E-state index contributed by atoms with van der Waals surface area (Å²) in [6.45, 7) is 4.20. The molecule has 3 rings (SSSR count). The second-order valence-electron chi connectivity index (χ2n) is 5.06. The van der Waals surface area contributed by atoms with E-state index in [4.69, 9.17) is 0 Å². The van der Waals surface area contributed by atoms with Crippen molar-refractivity contribution < 1.29 is 0 Å². The van der Waals surface area contributed by atoms with Crippen LogP contribution in [0.5, 0.6) is 0 Å².